The highest BCUT2D eigenvalue weighted by Crippen LogP contribution is 2.19. The molecule has 156 valence electrons. The van der Waals surface area contributed by atoms with E-state index >= 15 is 0 Å². The van der Waals surface area contributed by atoms with Gasteiger partial charge < -0.3 is 14.8 Å². The molecule has 0 radical (unpaired) electrons. The number of ether oxygens (including phenoxy) is 2. The Hall–Kier alpha value is -2.67. The van der Waals surface area contributed by atoms with Gasteiger partial charge in [0.1, 0.15) is 5.75 Å². The molecule has 1 aromatic heterocycles. The zero-order chi connectivity index (χ0) is 21.4. The maximum Gasteiger partial charge on any atom is 0.338 e. The lowest BCUT2D eigenvalue weighted by Gasteiger charge is -2.17. The van der Waals surface area contributed by atoms with Gasteiger partial charge in [-0.1, -0.05) is 27.7 Å². The van der Waals surface area contributed by atoms with Gasteiger partial charge in [-0.05, 0) is 42.8 Å². The molecule has 0 aliphatic heterocycles. The van der Waals surface area contributed by atoms with Crippen LogP contribution in [0.5, 0.6) is 5.75 Å². The third kappa shape index (κ3) is 7.02. The summed E-state index contributed by atoms with van der Waals surface area (Å²) in [5.41, 5.74) is -0.108. The summed E-state index contributed by atoms with van der Waals surface area (Å²) in [6.07, 6.45) is 0.902. The minimum absolute atomic E-state index is 0.0566. The largest absolute Gasteiger partial charge is 0.494 e. The molecule has 2 aromatic rings. The lowest BCUT2D eigenvalue weighted by molar-refractivity contribution is -0.128. The van der Waals surface area contributed by atoms with Gasteiger partial charge in [-0.25, -0.2) is 4.79 Å². The van der Waals surface area contributed by atoms with Crippen LogP contribution in [-0.2, 0) is 16.1 Å². The summed E-state index contributed by atoms with van der Waals surface area (Å²) in [6, 6.07) is 10.1. The molecule has 6 nitrogen and oxygen atoms in total. The first-order chi connectivity index (χ1) is 13.7. The molecule has 2 rings (SSSR count). The molecule has 29 heavy (non-hydrogen) atoms. The number of thiophene rings is 1. The summed E-state index contributed by atoms with van der Waals surface area (Å²) in [5.74, 6) is -0.211. The Kier molecular flexibility index (Phi) is 7.96. The fourth-order valence-corrected chi connectivity index (χ4v) is 3.12. The van der Waals surface area contributed by atoms with E-state index in [4.69, 9.17) is 9.47 Å². The van der Waals surface area contributed by atoms with Crippen molar-refractivity contribution in [2.45, 2.75) is 40.7 Å². The summed E-state index contributed by atoms with van der Waals surface area (Å²) in [4.78, 5) is 37.7. The highest BCUT2D eigenvalue weighted by atomic mass is 32.1. The third-order valence-electron chi connectivity index (χ3n) is 3.94. The van der Waals surface area contributed by atoms with Gasteiger partial charge in [0.2, 0.25) is 11.7 Å². The van der Waals surface area contributed by atoms with Crippen molar-refractivity contribution in [2.75, 3.05) is 13.2 Å². The lowest BCUT2D eigenvalue weighted by atomic mass is 9.96. The lowest BCUT2D eigenvalue weighted by Crippen LogP contribution is -2.34. The van der Waals surface area contributed by atoms with Gasteiger partial charge in [-0.2, -0.15) is 0 Å². The second-order valence-electron chi connectivity index (χ2n) is 7.57. The van der Waals surface area contributed by atoms with Crippen molar-refractivity contribution >= 4 is 29.0 Å². The van der Waals surface area contributed by atoms with Crippen LogP contribution in [0.15, 0.2) is 36.4 Å². The molecule has 0 spiro atoms. The molecule has 0 aliphatic carbocycles. The average Bonchev–Trinajstić information content (AvgIpc) is 3.17. The van der Waals surface area contributed by atoms with Gasteiger partial charge in [0.05, 0.1) is 23.6 Å². The van der Waals surface area contributed by atoms with Crippen LogP contribution in [0.25, 0.3) is 0 Å². The molecule has 0 unspecified atom stereocenters. The minimum Gasteiger partial charge on any atom is -0.494 e. The van der Waals surface area contributed by atoms with E-state index in [0.717, 1.165) is 11.3 Å². The number of benzene rings is 1. The zero-order valence-electron chi connectivity index (χ0n) is 17.2. The van der Waals surface area contributed by atoms with Gasteiger partial charge in [0, 0.05) is 10.3 Å². The summed E-state index contributed by atoms with van der Waals surface area (Å²) < 4.78 is 10.6. The van der Waals surface area contributed by atoms with Crippen LogP contribution in [0.1, 0.15) is 59.0 Å². The van der Waals surface area contributed by atoms with Gasteiger partial charge in [-0.15, -0.1) is 11.3 Å². The van der Waals surface area contributed by atoms with Crippen LogP contribution in [0.2, 0.25) is 0 Å². The SMILES string of the molecule is CCCOc1ccc(C(=O)OCC(=O)c2ccc(CNC(=O)C(C)(C)C)s2)cc1. The number of hydrogen-bond acceptors (Lipinski definition) is 6. The molecule has 0 atom stereocenters. The van der Waals surface area contributed by atoms with E-state index in [2.05, 4.69) is 5.32 Å². The van der Waals surface area contributed by atoms with Crippen molar-refractivity contribution in [1.82, 2.24) is 5.32 Å². The number of hydrogen-bond donors (Lipinski definition) is 1. The summed E-state index contributed by atoms with van der Waals surface area (Å²) >= 11 is 1.28. The Balaban J connectivity index is 1.84. The van der Waals surface area contributed by atoms with Crippen molar-refractivity contribution in [1.29, 1.82) is 0 Å². The Morgan fingerprint density at radius 3 is 2.34 bits per heavy atom. The predicted octanol–water partition coefficient (Wildman–Crippen LogP) is 4.24. The van der Waals surface area contributed by atoms with Crippen LogP contribution in [0, 0.1) is 5.41 Å². The zero-order valence-corrected chi connectivity index (χ0v) is 18.1. The van der Waals surface area contributed by atoms with Gasteiger partial charge >= 0.3 is 5.97 Å². The van der Waals surface area contributed by atoms with E-state index in [1.54, 1.807) is 36.4 Å². The molecule has 1 N–H and O–H groups in total. The average molecular weight is 418 g/mol. The van der Waals surface area contributed by atoms with Crippen LogP contribution in [0.3, 0.4) is 0 Å². The van der Waals surface area contributed by atoms with Crippen molar-refractivity contribution in [3.8, 4) is 5.75 Å². The van der Waals surface area contributed by atoms with E-state index in [0.29, 0.717) is 29.3 Å². The molecular formula is C22H27NO5S. The van der Waals surface area contributed by atoms with E-state index in [9.17, 15) is 14.4 Å². The van der Waals surface area contributed by atoms with Crippen molar-refractivity contribution in [3.05, 3.63) is 51.7 Å². The molecule has 0 aliphatic rings. The maximum absolute atomic E-state index is 12.3. The second kappa shape index (κ2) is 10.2. The second-order valence-corrected chi connectivity index (χ2v) is 8.74. The first-order valence-corrected chi connectivity index (χ1v) is 10.3. The normalized spacial score (nSPS) is 11.0. The predicted molar refractivity (Wildman–Crippen MR) is 112 cm³/mol. The summed E-state index contributed by atoms with van der Waals surface area (Å²) in [5, 5.41) is 2.84. The molecule has 7 heteroatoms. The Bertz CT molecular complexity index is 849. The monoisotopic (exact) mass is 417 g/mol. The third-order valence-corrected chi connectivity index (χ3v) is 5.06. The number of carbonyl (C=O) groups is 3. The molecule has 0 bridgehead atoms. The summed E-state index contributed by atoms with van der Waals surface area (Å²) in [7, 11) is 0. The quantitative estimate of drug-likeness (QED) is 0.487. The van der Waals surface area contributed by atoms with Crippen molar-refractivity contribution < 1.29 is 23.9 Å². The fourth-order valence-electron chi connectivity index (χ4n) is 2.25. The standard InChI is InChI=1S/C22H27NO5S/c1-5-12-27-16-8-6-15(7-9-16)20(25)28-14-18(24)19-11-10-17(29-19)13-23-21(26)22(2,3)4/h6-11H,5,12-14H2,1-4H3,(H,23,26). The Labute approximate surface area is 175 Å². The van der Waals surface area contributed by atoms with E-state index in [-0.39, 0.29) is 18.3 Å². The van der Waals surface area contributed by atoms with Crippen LogP contribution < -0.4 is 10.1 Å². The minimum atomic E-state index is -0.561. The van der Waals surface area contributed by atoms with Gasteiger partial charge in [0.15, 0.2) is 6.61 Å². The van der Waals surface area contributed by atoms with Crippen molar-refractivity contribution in [2.24, 2.45) is 5.41 Å². The molecular weight excluding hydrogens is 390 g/mol. The molecule has 0 saturated carbocycles. The topological polar surface area (TPSA) is 81.7 Å². The Morgan fingerprint density at radius 2 is 1.72 bits per heavy atom. The van der Waals surface area contributed by atoms with Crippen LogP contribution >= 0.6 is 11.3 Å². The van der Waals surface area contributed by atoms with Crippen LogP contribution in [-0.4, -0.2) is 30.9 Å². The Morgan fingerprint density at radius 1 is 1.03 bits per heavy atom. The van der Waals surface area contributed by atoms with Gasteiger partial charge in [0.25, 0.3) is 0 Å². The van der Waals surface area contributed by atoms with Crippen molar-refractivity contribution in [3.63, 3.8) is 0 Å². The van der Waals surface area contributed by atoms with E-state index < -0.39 is 11.4 Å². The number of ketones is 1. The molecule has 1 aromatic carbocycles. The highest BCUT2D eigenvalue weighted by Gasteiger charge is 2.21. The molecule has 0 fully saturated rings. The van der Waals surface area contributed by atoms with E-state index in [1.807, 2.05) is 27.7 Å². The number of rotatable bonds is 9. The number of Topliss-reactive ketones (excluding diaryl/α,β-unsaturated/α-hetero) is 1. The first-order valence-electron chi connectivity index (χ1n) is 9.51. The smallest absolute Gasteiger partial charge is 0.338 e. The number of carbonyl (C=O) groups excluding carboxylic acids is 3. The molecule has 1 amide bonds. The highest BCUT2D eigenvalue weighted by molar-refractivity contribution is 7.14. The number of amides is 1. The molecule has 0 saturated heterocycles. The fraction of sp³-hybridized carbons (Fsp3) is 0.409. The first kappa shape index (κ1) is 22.6. The molecule has 1 heterocycles. The van der Waals surface area contributed by atoms with Crippen LogP contribution in [0.4, 0.5) is 0 Å². The maximum atomic E-state index is 12.3. The number of nitrogens with one attached hydrogen (secondary N) is 1. The summed E-state index contributed by atoms with van der Waals surface area (Å²) in [6.45, 7) is 8.17. The number of esters is 1. The van der Waals surface area contributed by atoms with Gasteiger partial charge in [-0.3, -0.25) is 9.59 Å². The van der Waals surface area contributed by atoms with E-state index in [1.165, 1.54) is 11.3 Å².